The van der Waals surface area contributed by atoms with Gasteiger partial charge in [0.05, 0.1) is 11.1 Å². The number of hydrogen-bond acceptors (Lipinski definition) is 8. The molecule has 2 aliphatic rings. The summed E-state index contributed by atoms with van der Waals surface area (Å²) >= 11 is 3.78. The Morgan fingerprint density at radius 3 is 1.33 bits per heavy atom. The molecule has 54 heavy (non-hydrogen) atoms. The van der Waals surface area contributed by atoms with Crippen molar-refractivity contribution in [1.29, 1.82) is 0 Å². The summed E-state index contributed by atoms with van der Waals surface area (Å²) in [7, 11) is 0. The van der Waals surface area contributed by atoms with Gasteiger partial charge in [-0.05, 0) is 100 Å². The minimum absolute atomic E-state index is 0.105. The van der Waals surface area contributed by atoms with Gasteiger partial charge in [0.25, 0.3) is 0 Å². The highest BCUT2D eigenvalue weighted by atomic mass is 32.1. The van der Waals surface area contributed by atoms with Gasteiger partial charge in [-0.25, -0.2) is 9.59 Å². The fourth-order valence-corrected chi connectivity index (χ4v) is 10.4. The van der Waals surface area contributed by atoms with Crippen molar-refractivity contribution in [3.05, 3.63) is 55.9 Å². The van der Waals surface area contributed by atoms with E-state index in [1.165, 1.54) is 135 Å². The van der Waals surface area contributed by atoms with Crippen LogP contribution in [0.4, 0.5) is 0 Å². The molecule has 2 unspecified atom stereocenters. The topological polar surface area (TPSA) is 105 Å². The summed E-state index contributed by atoms with van der Waals surface area (Å²) in [6.45, 7) is 4.26. The van der Waals surface area contributed by atoms with Crippen LogP contribution in [-0.4, -0.2) is 36.2 Å². The number of hydrogen-bond donors (Lipinski definition) is 2. The van der Waals surface area contributed by atoms with Crippen LogP contribution in [0.2, 0.25) is 0 Å². The summed E-state index contributed by atoms with van der Waals surface area (Å²) in [6.07, 6.45) is 34.3. The summed E-state index contributed by atoms with van der Waals surface area (Å²) in [4.78, 5) is 30.6. The second-order valence-electron chi connectivity index (χ2n) is 16.9. The van der Waals surface area contributed by atoms with Gasteiger partial charge in [0.15, 0.2) is 0 Å². The van der Waals surface area contributed by atoms with Crippen LogP contribution in [-0.2, 0) is 44.7 Å². The lowest BCUT2D eigenvalue weighted by Gasteiger charge is -2.27. The molecule has 2 aliphatic carbocycles. The number of aryl methyl sites for hydroxylation is 4. The molecule has 0 aromatic carbocycles. The lowest BCUT2D eigenvalue weighted by atomic mass is 9.85. The smallest absolute Gasteiger partial charge is 0.331 e. The third-order valence-electron chi connectivity index (χ3n) is 12.5. The largest absolute Gasteiger partial charge is 0.461 e. The fraction of sp³-hybridized carbons (Fsp3) is 0.739. The number of carbonyl (C=O) groups excluding carboxylic acids is 2. The van der Waals surface area contributed by atoms with Gasteiger partial charge in [-0.1, -0.05) is 117 Å². The van der Waals surface area contributed by atoms with Gasteiger partial charge in [0.1, 0.15) is 13.2 Å². The van der Waals surface area contributed by atoms with E-state index in [9.17, 15) is 9.59 Å². The standard InChI is InChI=1S/C46H74N2O4S2/c1-3-45(47,33-31-41-27-25-39(53-41)23-15-7-13-21-37-17-9-5-10-18-37)35-51-43(49)29-30-44(50)52-36-46(48,4-2)34-32-42-28-26-40(54-42)24-16-8-14-22-38-19-11-6-12-20-38/h25-30,37-38H,3-24,31-36,47-48H2,1-2H3/b30-29-. The Bertz CT molecular complexity index is 1270. The first kappa shape index (κ1) is 44.7. The van der Waals surface area contributed by atoms with Gasteiger partial charge >= 0.3 is 11.9 Å². The number of carbonyl (C=O) groups is 2. The molecule has 0 saturated heterocycles. The van der Waals surface area contributed by atoms with Crippen LogP contribution in [0.25, 0.3) is 0 Å². The SMILES string of the molecule is CCC(N)(CCc1ccc(CCCCCC2CCCCC2)s1)COC(=O)/C=C\C(=O)OCC(N)(CC)CCc1ccc(CCCCCC2CCCCC2)s1. The average Bonchev–Trinajstić information content (AvgIpc) is 3.87. The Kier molecular flexibility index (Phi) is 20.4. The van der Waals surface area contributed by atoms with E-state index in [4.69, 9.17) is 20.9 Å². The Morgan fingerprint density at radius 1 is 0.593 bits per heavy atom. The quantitative estimate of drug-likeness (QED) is 0.0559. The van der Waals surface area contributed by atoms with E-state index in [-0.39, 0.29) is 13.2 Å². The summed E-state index contributed by atoms with van der Waals surface area (Å²) in [5, 5.41) is 0. The van der Waals surface area contributed by atoms with Crippen LogP contribution < -0.4 is 11.5 Å². The lowest BCUT2D eigenvalue weighted by Crippen LogP contribution is -2.45. The third-order valence-corrected chi connectivity index (χ3v) is 14.9. The van der Waals surface area contributed by atoms with Crippen molar-refractivity contribution in [1.82, 2.24) is 0 Å². The number of esters is 2. The first-order chi connectivity index (χ1) is 26.2. The Balaban J connectivity index is 1.07. The molecule has 6 nitrogen and oxygen atoms in total. The second-order valence-corrected chi connectivity index (χ2v) is 19.4. The van der Waals surface area contributed by atoms with Crippen LogP contribution in [0.15, 0.2) is 36.4 Å². The maximum atomic E-state index is 12.5. The normalized spacial score (nSPS) is 18.1. The molecule has 304 valence electrons. The highest BCUT2D eigenvalue weighted by Crippen LogP contribution is 2.30. The van der Waals surface area contributed by atoms with E-state index in [1.54, 1.807) is 0 Å². The zero-order valence-electron chi connectivity index (χ0n) is 34.0. The van der Waals surface area contributed by atoms with Gasteiger partial charge in [-0.15, -0.1) is 22.7 Å². The summed E-state index contributed by atoms with van der Waals surface area (Å²) in [5.41, 5.74) is 12.1. The molecule has 4 rings (SSSR count). The minimum atomic E-state index is -0.620. The van der Waals surface area contributed by atoms with E-state index < -0.39 is 23.0 Å². The summed E-state index contributed by atoms with van der Waals surface area (Å²) in [5.74, 6) is 0.781. The summed E-state index contributed by atoms with van der Waals surface area (Å²) in [6, 6.07) is 8.99. The molecule has 0 radical (unpaired) electrons. The molecular weight excluding hydrogens is 709 g/mol. The van der Waals surface area contributed by atoms with Crippen LogP contribution in [0, 0.1) is 11.8 Å². The predicted molar refractivity (Wildman–Crippen MR) is 228 cm³/mol. The van der Waals surface area contributed by atoms with E-state index in [0.29, 0.717) is 12.8 Å². The zero-order chi connectivity index (χ0) is 38.5. The first-order valence-electron chi connectivity index (χ1n) is 21.9. The number of unbranched alkanes of at least 4 members (excludes halogenated alkanes) is 4. The van der Waals surface area contributed by atoms with Crippen molar-refractivity contribution < 1.29 is 19.1 Å². The van der Waals surface area contributed by atoms with E-state index in [2.05, 4.69) is 24.3 Å². The summed E-state index contributed by atoms with van der Waals surface area (Å²) < 4.78 is 11.0. The zero-order valence-corrected chi connectivity index (χ0v) is 35.7. The predicted octanol–water partition coefficient (Wildman–Crippen LogP) is 11.6. The van der Waals surface area contributed by atoms with Crippen LogP contribution in [0.1, 0.15) is 175 Å². The maximum absolute atomic E-state index is 12.5. The molecule has 2 fully saturated rings. The average molecular weight is 783 g/mol. The molecule has 2 atom stereocenters. The van der Waals surface area contributed by atoms with E-state index in [1.807, 2.05) is 36.5 Å². The first-order valence-corrected chi connectivity index (χ1v) is 23.6. The van der Waals surface area contributed by atoms with Crippen LogP contribution in [0.3, 0.4) is 0 Å². The monoisotopic (exact) mass is 783 g/mol. The van der Waals surface area contributed by atoms with Crippen molar-refractivity contribution >= 4 is 34.6 Å². The van der Waals surface area contributed by atoms with Crippen LogP contribution >= 0.6 is 22.7 Å². The molecule has 2 aromatic heterocycles. The van der Waals surface area contributed by atoms with Crippen molar-refractivity contribution in [3.8, 4) is 0 Å². The van der Waals surface area contributed by atoms with Gasteiger partial charge in [0, 0.05) is 31.7 Å². The number of rotatable bonds is 26. The molecule has 8 heteroatoms. The maximum Gasteiger partial charge on any atom is 0.331 e. The lowest BCUT2D eigenvalue weighted by molar-refractivity contribution is -0.142. The van der Waals surface area contributed by atoms with Gasteiger partial charge in [-0.3, -0.25) is 0 Å². The van der Waals surface area contributed by atoms with Crippen molar-refractivity contribution in [3.63, 3.8) is 0 Å². The molecule has 0 aliphatic heterocycles. The molecule has 0 amide bonds. The van der Waals surface area contributed by atoms with Gasteiger partial charge < -0.3 is 20.9 Å². The Morgan fingerprint density at radius 2 is 0.963 bits per heavy atom. The third kappa shape index (κ3) is 17.4. The molecule has 2 aromatic rings. The molecule has 4 N–H and O–H groups in total. The Hall–Kier alpha value is -2.00. The molecule has 0 bridgehead atoms. The van der Waals surface area contributed by atoms with Gasteiger partial charge in [-0.2, -0.15) is 0 Å². The molecule has 2 heterocycles. The fourth-order valence-electron chi connectivity index (χ4n) is 8.26. The number of thiophene rings is 2. The van der Waals surface area contributed by atoms with E-state index >= 15 is 0 Å². The van der Waals surface area contributed by atoms with E-state index in [0.717, 1.165) is 62.5 Å². The Labute approximate surface area is 336 Å². The van der Waals surface area contributed by atoms with Crippen molar-refractivity contribution in [2.75, 3.05) is 13.2 Å². The molecular formula is C46H74N2O4S2. The minimum Gasteiger partial charge on any atom is -0.461 e. The molecule has 0 spiro atoms. The number of nitrogens with two attached hydrogens (primary N) is 2. The van der Waals surface area contributed by atoms with Crippen LogP contribution in [0.5, 0.6) is 0 Å². The van der Waals surface area contributed by atoms with Gasteiger partial charge in [0.2, 0.25) is 0 Å². The van der Waals surface area contributed by atoms with Crippen molar-refractivity contribution in [2.45, 2.75) is 192 Å². The highest BCUT2D eigenvalue weighted by Gasteiger charge is 2.26. The van der Waals surface area contributed by atoms with Crippen molar-refractivity contribution in [2.24, 2.45) is 23.3 Å². The highest BCUT2D eigenvalue weighted by molar-refractivity contribution is 7.12. The molecule has 2 saturated carbocycles. The number of ether oxygens (including phenoxy) is 2. The second kappa shape index (κ2) is 24.6.